The lowest BCUT2D eigenvalue weighted by molar-refractivity contribution is 0.0942. The molecule has 0 aliphatic heterocycles. The first kappa shape index (κ1) is 16.9. The normalized spacial score (nSPS) is 12.2. The summed E-state index contributed by atoms with van der Waals surface area (Å²) in [6.07, 6.45) is 2.83. The summed E-state index contributed by atoms with van der Waals surface area (Å²) in [5, 5.41) is 12.0. The Hall–Kier alpha value is -0.140. The lowest BCUT2D eigenvalue weighted by atomic mass is 10.00. The van der Waals surface area contributed by atoms with Gasteiger partial charge in [0.1, 0.15) is 0 Å². The number of benzene rings is 1. The molecule has 5 heteroatoms. The number of hydrogen-bond donors (Lipinski definition) is 2. The van der Waals surface area contributed by atoms with E-state index in [1.165, 1.54) is 0 Å². The molecule has 1 amide bonds. The molecule has 1 rings (SSSR count). The third kappa shape index (κ3) is 5.79. The zero-order chi connectivity index (χ0) is 14.3. The van der Waals surface area contributed by atoms with Crippen molar-refractivity contribution in [1.82, 2.24) is 5.32 Å². The highest BCUT2D eigenvalue weighted by Crippen LogP contribution is 2.18. The number of nitrogens with one attached hydrogen (secondary N) is 1. The molecule has 0 aliphatic carbocycles. The van der Waals surface area contributed by atoms with E-state index in [1.807, 2.05) is 18.2 Å². The summed E-state index contributed by atoms with van der Waals surface area (Å²) in [6, 6.07) is 5.67. The second-order valence-corrected chi connectivity index (χ2v) is 6.58. The molecule has 106 valence electrons. The van der Waals surface area contributed by atoms with Crippen LogP contribution in [0.3, 0.4) is 0 Å². The van der Waals surface area contributed by atoms with E-state index < -0.39 is 0 Å². The number of rotatable bonds is 7. The van der Waals surface area contributed by atoms with Crippen LogP contribution in [-0.4, -0.2) is 24.2 Å². The van der Waals surface area contributed by atoms with Gasteiger partial charge in [-0.1, -0.05) is 29.3 Å². The third-order valence-electron chi connectivity index (χ3n) is 2.96. The van der Waals surface area contributed by atoms with Crippen LogP contribution in [0.1, 0.15) is 36.5 Å². The van der Waals surface area contributed by atoms with Crippen molar-refractivity contribution < 1.29 is 9.90 Å². The van der Waals surface area contributed by atoms with Gasteiger partial charge in [0.25, 0.3) is 5.91 Å². The smallest absolute Gasteiger partial charge is 0.252 e. The van der Waals surface area contributed by atoms with E-state index in [0.717, 1.165) is 27.3 Å². The minimum absolute atomic E-state index is 0.0512. The SMILES string of the molecule is CCCC(CCO)CNC(=O)c1cc(Br)ccc1I. The average Bonchev–Trinajstić information content (AvgIpc) is 2.39. The number of carbonyl (C=O) groups is 1. The topological polar surface area (TPSA) is 49.3 Å². The Morgan fingerprint density at radius 3 is 2.84 bits per heavy atom. The van der Waals surface area contributed by atoms with E-state index in [0.29, 0.717) is 18.0 Å². The van der Waals surface area contributed by atoms with Gasteiger partial charge >= 0.3 is 0 Å². The molecule has 1 aromatic rings. The first-order chi connectivity index (χ1) is 9.08. The summed E-state index contributed by atoms with van der Waals surface area (Å²) in [5.41, 5.74) is 0.689. The predicted octanol–water partition coefficient (Wildman–Crippen LogP) is 3.58. The predicted molar refractivity (Wildman–Crippen MR) is 89.3 cm³/mol. The van der Waals surface area contributed by atoms with Gasteiger partial charge in [-0.2, -0.15) is 0 Å². The standard InChI is InChI=1S/C14H19BrINO2/c1-2-3-10(6-7-18)9-17-14(19)12-8-11(15)4-5-13(12)16/h4-5,8,10,18H,2-3,6-7,9H2,1H3,(H,17,19). The van der Waals surface area contributed by atoms with Crippen LogP contribution < -0.4 is 5.32 Å². The van der Waals surface area contributed by atoms with E-state index in [1.54, 1.807) is 0 Å². The Labute approximate surface area is 136 Å². The number of hydrogen-bond acceptors (Lipinski definition) is 2. The second kappa shape index (κ2) is 8.92. The van der Waals surface area contributed by atoms with Crippen molar-refractivity contribution in [3.63, 3.8) is 0 Å². The van der Waals surface area contributed by atoms with Crippen LogP contribution in [0, 0.1) is 9.49 Å². The van der Waals surface area contributed by atoms with Crippen molar-refractivity contribution in [2.24, 2.45) is 5.92 Å². The van der Waals surface area contributed by atoms with Crippen LogP contribution in [0.2, 0.25) is 0 Å². The number of aliphatic hydroxyl groups is 1. The maximum Gasteiger partial charge on any atom is 0.252 e. The molecule has 0 bridgehead atoms. The Bertz CT molecular complexity index is 420. The Balaban J connectivity index is 2.61. The molecule has 0 saturated heterocycles. The summed E-state index contributed by atoms with van der Waals surface area (Å²) >= 11 is 5.54. The van der Waals surface area contributed by atoms with Crippen molar-refractivity contribution in [2.45, 2.75) is 26.2 Å². The molecule has 2 N–H and O–H groups in total. The van der Waals surface area contributed by atoms with Crippen molar-refractivity contribution in [1.29, 1.82) is 0 Å². The molecule has 0 aliphatic rings. The second-order valence-electron chi connectivity index (χ2n) is 4.50. The fourth-order valence-corrected chi connectivity index (χ4v) is 2.88. The quantitative estimate of drug-likeness (QED) is 0.638. The largest absolute Gasteiger partial charge is 0.396 e. The number of aliphatic hydroxyl groups excluding tert-OH is 1. The Morgan fingerprint density at radius 2 is 2.21 bits per heavy atom. The molecular weight excluding hydrogens is 421 g/mol. The highest BCUT2D eigenvalue weighted by molar-refractivity contribution is 14.1. The summed E-state index contributed by atoms with van der Waals surface area (Å²) in [6.45, 7) is 2.91. The number of halogens is 2. The maximum absolute atomic E-state index is 12.1. The summed E-state index contributed by atoms with van der Waals surface area (Å²) in [5.74, 6) is 0.300. The van der Waals surface area contributed by atoms with Gasteiger partial charge in [-0.05, 0) is 59.5 Å². The Kier molecular flexibility index (Phi) is 7.94. The van der Waals surface area contributed by atoms with Crippen molar-refractivity contribution in [3.05, 3.63) is 31.8 Å². The minimum atomic E-state index is -0.0512. The van der Waals surface area contributed by atoms with Crippen molar-refractivity contribution in [2.75, 3.05) is 13.2 Å². The third-order valence-corrected chi connectivity index (χ3v) is 4.39. The van der Waals surface area contributed by atoms with Crippen LogP contribution in [0.4, 0.5) is 0 Å². The minimum Gasteiger partial charge on any atom is -0.396 e. The first-order valence-electron chi connectivity index (χ1n) is 6.42. The van der Waals surface area contributed by atoms with Gasteiger partial charge in [-0.3, -0.25) is 4.79 Å². The average molecular weight is 440 g/mol. The van der Waals surface area contributed by atoms with Gasteiger partial charge in [-0.25, -0.2) is 0 Å². The molecule has 19 heavy (non-hydrogen) atoms. The van der Waals surface area contributed by atoms with E-state index in [2.05, 4.69) is 50.8 Å². The number of carbonyl (C=O) groups excluding carboxylic acids is 1. The van der Waals surface area contributed by atoms with Crippen LogP contribution in [0.25, 0.3) is 0 Å². The van der Waals surface area contributed by atoms with Crippen LogP contribution in [-0.2, 0) is 0 Å². The lowest BCUT2D eigenvalue weighted by Gasteiger charge is -2.16. The van der Waals surface area contributed by atoms with Gasteiger partial charge < -0.3 is 10.4 Å². The summed E-state index contributed by atoms with van der Waals surface area (Å²) < 4.78 is 1.84. The van der Waals surface area contributed by atoms with E-state index in [4.69, 9.17) is 5.11 Å². The Morgan fingerprint density at radius 1 is 1.47 bits per heavy atom. The molecule has 0 saturated carbocycles. The van der Waals surface area contributed by atoms with Gasteiger partial charge in [0.2, 0.25) is 0 Å². The molecule has 0 fully saturated rings. The van der Waals surface area contributed by atoms with Gasteiger partial charge in [0.15, 0.2) is 0 Å². The molecule has 0 spiro atoms. The molecular formula is C14H19BrINO2. The van der Waals surface area contributed by atoms with Gasteiger partial charge in [-0.15, -0.1) is 0 Å². The van der Waals surface area contributed by atoms with Crippen molar-refractivity contribution in [3.8, 4) is 0 Å². The molecule has 0 heterocycles. The fraction of sp³-hybridized carbons (Fsp3) is 0.500. The molecule has 1 unspecified atom stereocenters. The highest BCUT2D eigenvalue weighted by atomic mass is 127. The van der Waals surface area contributed by atoms with E-state index >= 15 is 0 Å². The fourth-order valence-electron chi connectivity index (χ4n) is 1.94. The molecule has 1 atom stereocenters. The first-order valence-corrected chi connectivity index (χ1v) is 8.29. The van der Waals surface area contributed by atoms with Crippen LogP contribution >= 0.6 is 38.5 Å². The van der Waals surface area contributed by atoms with Crippen LogP contribution in [0.5, 0.6) is 0 Å². The van der Waals surface area contributed by atoms with E-state index in [9.17, 15) is 4.79 Å². The lowest BCUT2D eigenvalue weighted by Crippen LogP contribution is -2.30. The van der Waals surface area contributed by atoms with Gasteiger partial charge in [0.05, 0.1) is 5.56 Å². The van der Waals surface area contributed by atoms with Gasteiger partial charge in [0, 0.05) is 21.2 Å². The molecule has 0 radical (unpaired) electrons. The molecule has 3 nitrogen and oxygen atoms in total. The zero-order valence-corrected chi connectivity index (χ0v) is 14.7. The summed E-state index contributed by atoms with van der Waals surface area (Å²) in [4.78, 5) is 12.1. The maximum atomic E-state index is 12.1. The van der Waals surface area contributed by atoms with Crippen molar-refractivity contribution >= 4 is 44.4 Å². The molecule has 0 aromatic heterocycles. The number of amides is 1. The highest BCUT2D eigenvalue weighted by Gasteiger charge is 2.13. The van der Waals surface area contributed by atoms with E-state index in [-0.39, 0.29) is 12.5 Å². The molecule has 1 aromatic carbocycles. The van der Waals surface area contributed by atoms with Crippen LogP contribution in [0.15, 0.2) is 22.7 Å². The monoisotopic (exact) mass is 439 g/mol. The summed E-state index contributed by atoms with van der Waals surface area (Å²) in [7, 11) is 0. The zero-order valence-electron chi connectivity index (χ0n) is 11.0.